The number of hydrogen-bond acceptors (Lipinski definition) is 8. The lowest BCUT2D eigenvalue weighted by molar-refractivity contribution is -0.149. The molecule has 4 rings (SSSR count). The third-order valence-electron chi connectivity index (χ3n) is 8.20. The van der Waals surface area contributed by atoms with Gasteiger partial charge in [0.05, 0.1) is 13.2 Å². The Bertz CT molecular complexity index is 934. The van der Waals surface area contributed by atoms with E-state index in [0.29, 0.717) is 43.9 Å². The molecule has 0 radical (unpaired) electrons. The molecular formula is C27H40N3O6S-. The van der Waals surface area contributed by atoms with Gasteiger partial charge in [-0.1, -0.05) is 30.3 Å². The van der Waals surface area contributed by atoms with Crippen LogP contribution in [0.25, 0.3) is 0 Å². The number of nitrogens with one attached hydrogen (secondary N) is 1. The number of carbonyl (C=O) groups excluding carboxylic acids is 2. The number of ether oxygens (including phenoxy) is 2. The summed E-state index contributed by atoms with van der Waals surface area (Å²) >= 11 is -2.41. The number of benzene rings is 1. The van der Waals surface area contributed by atoms with E-state index in [2.05, 4.69) is 10.2 Å². The van der Waals surface area contributed by atoms with Crippen LogP contribution < -0.4 is 5.32 Å². The molecule has 9 nitrogen and oxygen atoms in total. The van der Waals surface area contributed by atoms with E-state index in [1.165, 1.54) is 4.31 Å². The molecule has 10 heteroatoms. The van der Waals surface area contributed by atoms with Gasteiger partial charge in [0, 0.05) is 36.9 Å². The first kappa shape index (κ1) is 28.2. The number of nitrogens with zero attached hydrogens (tertiary/aromatic N) is 2. The summed E-state index contributed by atoms with van der Waals surface area (Å²) in [6.45, 7) is 6.64. The largest absolute Gasteiger partial charge is 0.760 e. The molecule has 3 fully saturated rings. The molecule has 0 aromatic heterocycles. The Balaban J connectivity index is 1.42. The molecule has 1 N–H and O–H groups in total. The summed E-state index contributed by atoms with van der Waals surface area (Å²) < 4.78 is 36.5. The second-order valence-electron chi connectivity index (χ2n) is 10.5. The summed E-state index contributed by atoms with van der Waals surface area (Å²) in [5, 5.41) is 3.37. The van der Waals surface area contributed by atoms with Crippen molar-refractivity contribution < 1.29 is 27.8 Å². The van der Waals surface area contributed by atoms with Crippen molar-refractivity contribution >= 4 is 23.2 Å². The van der Waals surface area contributed by atoms with Crippen molar-refractivity contribution in [3.8, 4) is 0 Å². The third-order valence-corrected chi connectivity index (χ3v) is 9.01. The van der Waals surface area contributed by atoms with Crippen molar-refractivity contribution in [3.05, 3.63) is 35.9 Å². The van der Waals surface area contributed by atoms with Gasteiger partial charge in [0.2, 0.25) is 0 Å². The van der Waals surface area contributed by atoms with Gasteiger partial charge < -0.3 is 19.3 Å². The lowest BCUT2D eigenvalue weighted by Gasteiger charge is -2.43. The first-order chi connectivity index (χ1) is 17.9. The molecule has 2 heterocycles. The van der Waals surface area contributed by atoms with Crippen LogP contribution in [0.1, 0.15) is 51.5 Å². The van der Waals surface area contributed by atoms with E-state index in [1.807, 2.05) is 37.3 Å². The van der Waals surface area contributed by atoms with Gasteiger partial charge in [-0.05, 0) is 75.8 Å². The van der Waals surface area contributed by atoms with Crippen LogP contribution in [0.15, 0.2) is 30.3 Å². The van der Waals surface area contributed by atoms with E-state index in [1.54, 1.807) is 6.92 Å². The Kier molecular flexibility index (Phi) is 10.1. The fraction of sp³-hybridized carbons (Fsp3) is 0.704. The fourth-order valence-electron chi connectivity index (χ4n) is 6.42. The third kappa shape index (κ3) is 7.17. The van der Waals surface area contributed by atoms with Crippen LogP contribution >= 0.6 is 0 Å². The van der Waals surface area contributed by atoms with Gasteiger partial charge >= 0.3 is 11.9 Å². The van der Waals surface area contributed by atoms with Crippen molar-refractivity contribution in [2.45, 2.75) is 70.6 Å². The molecule has 0 bridgehead atoms. The quantitative estimate of drug-likeness (QED) is 0.359. The Morgan fingerprint density at radius 2 is 1.78 bits per heavy atom. The van der Waals surface area contributed by atoms with Gasteiger partial charge in [-0.3, -0.25) is 18.7 Å². The first-order valence-electron chi connectivity index (χ1n) is 13.6. The minimum Gasteiger partial charge on any atom is -0.760 e. The van der Waals surface area contributed by atoms with E-state index in [9.17, 15) is 18.4 Å². The smallest absolute Gasteiger partial charge is 0.323 e. The van der Waals surface area contributed by atoms with E-state index >= 15 is 0 Å². The van der Waals surface area contributed by atoms with E-state index < -0.39 is 17.3 Å². The average Bonchev–Trinajstić information content (AvgIpc) is 3.31. The molecule has 1 saturated carbocycles. The zero-order chi connectivity index (χ0) is 26.4. The number of fused-ring (bicyclic) bond motifs is 1. The second-order valence-corrected chi connectivity index (χ2v) is 11.4. The molecule has 37 heavy (non-hydrogen) atoms. The van der Waals surface area contributed by atoms with Gasteiger partial charge in [0.15, 0.2) is 0 Å². The Morgan fingerprint density at radius 3 is 2.49 bits per heavy atom. The highest BCUT2D eigenvalue weighted by molar-refractivity contribution is 7.76. The highest BCUT2D eigenvalue weighted by Crippen LogP contribution is 2.40. The SMILES string of the molecule is CCOC(=O)[C@@H]1CC2C[C@@H](CN3CC(N(Cc4ccccc4)S(=O)[O-])C[C@H]3C(=O)OCC)CCC2CN1. The number of esters is 2. The monoisotopic (exact) mass is 534 g/mol. The topological polar surface area (TPSA) is 111 Å². The highest BCUT2D eigenvalue weighted by atomic mass is 32.2. The van der Waals surface area contributed by atoms with Crippen molar-refractivity contribution in [2.24, 2.45) is 17.8 Å². The van der Waals surface area contributed by atoms with Crippen LogP contribution in [0.3, 0.4) is 0 Å². The van der Waals surface area contributed by atoms with Crippen molar-refractivity contribution in [1.82, 2.24) is 14.5 Å². The van der Waals surface area contributed by atoms with Crippen LogP contribution in [0.5, 0.6) is 0 Å². The van der Waals surface area contributed by atoms with Crippen LogP contribution in [0.2, 0.25) is 0 Å². The lowest BCUT2D eigenvalue weighted by Crippen LogP contribution is -2.51. The van der Waals surface area contributed by atoms with E-state index in [-0.39, 0.29) is 30.6 Å². The Morgan fingerprint density at radius 1 is 1.05 bits per heavy atom. The number of hydrogen-bond donors (Lipinski definition) is 1. The van der Waals surface area contributed by atoms with Gasteiger partial charge in [0.1, 0.15) is 12.1 Å². The van der Waals surface area contributed by atoms with Crippen LogP contribution in [0, 0.1) is 17.8 Å². The van der Waals surface area contributed by atoms with Crippen molar-refractivity contribution in [3.63, 3.8) is 0 Å². The van der Waals surface area contributed by atoms with Crippen molar-refractivity contribution in [1.29, 1.82) is 0 Å². The van der Waals surface area contributed by atoms with Gasteiger partial charge in [-0.15, -0.1) is 0 Å². The average molecular weight is 535 g/mol. The summed E-state index contributed by atoms with van der Waals surface area (Å²) in [7, 11) is 0. The fourth-order valence-corrected chi connectivity index (χ4v) is 7.07. The molecule has 0 spiro atoms. The molecule has 1 aromatic carbocycles. The summed E-state index contributed by atoms with van der Waals surface area (Å²) in [5.74, 6) is 0.936. The minimum atomic E-state index is -2.41. The van der Waals surface area contributed by atoms with Crippen LogP contribution in [0.4, 0.5) is 0 Å². The molecule has 206 valence electrons. The summed E-state index contributed by atoms with van der Waals surface area (Å²) in [4.78, 5) is 27.3. The zero-order valence-corrected chi connectivity index (χ0v) is 22.7. The molecule has 4 unspecified atom stereocenters. The molecule has 3 aliphatic rings. The number of likely N-dealkylation sites (tertiary alicyclic amines) is 1. The standard InChI is InChI=1S/C27H41N3O6S/c1-3-35-26(31)24-13-22-12-20(10-11-21(22)15-28-24)16-29-18-23(14-25(29)27(32)36-4-2)30(37(33)34)17-19-8-6-5-7-9-19/h5-9,20-25,28H,3-4,10-18H2,1-2H3,(H,33,34)/p-1/t20-,21?,22?,23?,24-,25-/m0/s1. The molecule has 2 saturated heterocycles. The van der Waals surface area contributed by atoms with Gasteiger partial charge in [-0.2, -0.15) is 0 Å². The maximum absolute atomic E-state index is 12.9. The Labute approximate surface area is 222 Å². The normalized spacial score (nSPS) is 31.0. The molecule has 1 aromatic rings. The maximum atomic E-state index is 12.9. The van der Waals surface area contributed by atoms with Crippen molar-refractivity contribution in [2.75, 3.05) is 32.8 Å². The summed E-state index contributed by atoms with van der Waals surface area (Å²) in [6, 6.07) is 8.53. The van der Waals surface area contributed by atoms with E-state index in [0.717, 1.165) is 44.3 Å². The first-order valence-corrected chi connectivity index (χ1v) is 14.6. The van der Waals surface area contributed by atoms with Gasteiger partial charge in [0.25, 0.3) is 0 Å². The summed E-state index contributed by atoms with van der Waals surface area (Å²) in [6.07, 6.45) is 4.35. The molecule has 1 aliphatic carbocycles. The predicted molar refractivity (Wildman–Crippen MR) is 139 cm³/mol. The second kappa shape index (κ2) is 13.3. The lowest BCUT2D eigenvalue weighted by atomic mass is 9.69. The maximum Gasteiger partial charge on any atom is 0.323 e. The molecule has 7 atom stereocenters. The Hall–Kier alpha value is -1.85. The molecular weight excluding hydrogens is 494 g/mol. The predicted octanol–water partition coefficient (Wildman–Crippen LogP) is 2.25. The minimum absolute atomic E-state index is 0.169. The number of carbonyl (C=O) groups is 2. The summed E-state index contributed by atoms with van der Waals surface area (Å²) in [5.41, 5.74) is 0.915. The highest BCUT2D eigenvalue weighted by Gasteiger charge is 2.43. The molecule has 0 amide bonds. The number of piperidine rings is 1. The zero-order valence-electron chi connectivity index (χ0n) is 21.9. The molecule has 2 aliphatic heterocycles. The van der Waals surface area contributed by atoms with Crippen LogP contribution in [-0.4, -0.2) is 80.9 Å². The van der Waals surface area contributed by atoms with E-state index in [4.69, 9.17) is 9.47 Å². The van der Waals surface area contributed by atoms with Crippen LogP contribution in [-0.2, 0) is 36.9 Å². The van der Waals surface area contributed by atoms with Gasteiger partial charge in [-0.25, -0.2) is 4.31 Å². The number of rotatable bonds is 10.